The Balaban J connectivity index is 2.67. The van der Waals surface area contributed by atoms with Gasteiger partial charge in [-0.05, 0) is 14.0 Å². The summed E-state index contributed by atoms with van der Waals surface area (Å²) < 4.78 is 9.77. The second-order valence-corrected chi connectivity index (χ2v) is 3.89. The van der Waals surface area contributed by atoms with Crippen molar-refractivity contribution in [3.63, 3.8) is 0 Å². The summed E-state index contributed by atoms with van der Waals surface area (Å²) in [4.78, 5) is 17.3. The molecule has 0 aromatic carbocycles. The molecule has 5 heteroatoms. The average molecular weight is 238 g/mol. The fourth-order valence-corrected chi connectivity index (χ4v) is 1.52. The number of methoxy groups -OCH3 is 2. The molecule has 0 fully saturated rings. The number of carbonyl (C=O) groups excluding carboxylic acids is 1. The van der Waals surface area contributed by atoms with Gasteiger partial charge in [-0.25, -0.2) is 0 Å². The Bertz CT molecular complexity index is 393. The Labute approximate surface area is 101 Å². The molecule has 0 saturated carbocycles. The zero-order chi connectivity index (χ0) is 12.8. The normalized spacial score (nSPS) is 10.4. The molecule has 0 unspecified atom stereocenters. The highest BCUT2D eigenvalue weighted by Crippen LogP contribution is 2.14. The molecule has 1 heterocycles. The van der Waals surface area contributed by atoms with Crippen molar-refractivity contribution < 1.29 is 14.3 Å². The number of aromatic nitrogens is 1. The van der Waals surface area contributed by atoms with Gasteiger partial charge in [0.2, 0.25) is 0 Å². The molecule has 0 spiro atoms. The first-order valence-electron chi connectivity index (χ1n) is 5.32. The largest absolute Gasteiger partial charge is 0.497 e. The maximum atomic E-state index is 11.1. The Morgan fingerprint density at radius 2 is 2.12 bits per heavy atom. The van der Waals surface area contributed by atoms with Crippen LogP contribution in [0, 0.1) is 6.92 Å². The monoisotopic (exact) mass is 238 g/mol. The van der Waals surface area contributed by atoms with Gasteiger partial charge in [-0.1, -0.05) is 0 Å². The molecular weight excluding hydrogens is 220 g/mol. The lowest BCUT2D eigenvalue weighted by molar-refractivity contribution is -0.141. The molecular formula is C12H18N2O3. The van der Waals surface area contributed by atoms with Gasteiger partial charge < -0.3 is 9.47 Å². The van der Waals surface area contributed by atoms with Crippen molar-refractivity contribution in [1.29, 1.82) is 0 Å². The van der Waals surface area contributed by atoms with E-state index in [4.69, 9.17) is 4.74 Å². The number of hydrogen-bond donors (Lipinski definition) is 0. The first-order valence-corrected chi connectivity index (χ1v) is 5.32. The summed E-state index contributed by atoms with van der Waals surface area (Å²) in [5, 5.41) is 0. The first kappa shape index (κ1) is 13.4. The van der Waals surface area contributed by atoms with E-state index in [1.54, 1.807) is 7.11 Å². The number of pyridine rings is 1. The second-order valence-electron chi connectivity index (χ2n) is 3.89. The predicted octanol–water partition coefficient (Wildman–Crippen LogP) is 1.00. The number of nitrogens with zero attached hydrogens (tertiary/aromatic N) is 2. The maximum absolute atomic E-state index is 11.1. The summed E-state index contributed by atoms with van der Waals surface area (Å²) in [5.41, 5.74) is 1.76. The van der Waals surface area contributed by atoms with Crippen LogP contribution in [0.2, 0.25) is 0 Å². The Morgan fingerprint density at radius 1 is 1.41 bits per heavy atom. The number of hydrogen-bond acceptors (Lipinski definition) is 5. The summed E-state index contributed by atoms with van der Waals surface area (Å²) >= 11 is 0. The lowest BCUT2D eigenvalue weighted by Gasteiger charge is -2.15. The summed E-state index contributed by atoms with van der Waals surface area (Å²) in [6, 6.07) is 3.73. The first-order chi connectivity index (χ1) is 8.05. The van der Waals surface area contributed by atoms with Gasteiger partial charge in [0.1, 0.15) is 5.75 Å². The average Bonchev–Trinajstić information content (AvgIpc) is 2.27. The van der Waals surface area contributed by atoms with Gasteiger partial charge in [-0.3, -0.25) is 14.7 Å². The van der Waals surface area contributed by atoms with E-state index in [2.05, 4.69) is 9.72 Å². The van der Waals surface area contributed by atoms with Crippen LogP contribution in [0.15, 0.2) is 12.1 Å². The third-order valence-electron chi connectivity index (χ3n) is 2.27. The molecule has 0 aliphatic heterocycles. The van der Waals surface area contributed by atoms with Gasteiger partial charge in [0.25, 0.3) is 0 Å². The third kappa shape index (κ3) is 4.40. The zero-order valence-corrected chi connectivity index (χ0v) is 10.7. The van der Waals surface area contributed by atoms with Crippen LogP contribution < -0.4 is 4.74 Å². The number of aryl methyl sites for hydroxylation is 1. The van der Waals surface area contributed by atoms with Gasteiger partial charge in [0, 0.05) is 24.4 Å². The molecule has 0 aliphatic carbocycles. The minimum atomic E-state index is -0.257. The van der Waals surface area contributed by atoms with E-state index in [9.17, 15) is 4.79 Å². The Kier molecular flexibility index (Phi) is 4.90. The lowest BCUT2D eigenvalue weighted by atomic mass is 10.3. The molecule has 0 saturated heterocycles. The molecule has 17 heavy (non-hydrogen) atoms. The van der Waals surface area contributed by atoms with Gasteiger partial charge >= 0.3 is 5.97 Å². The van der Waals surface area contributed by atoms with Crippen LogP contribution in [-0.4, -0.2) is 43.7 Å². The van der Waals surface area contributed by atoms with Crippen molar-refractivity contribution in [3.8, 4) is 5.75 Å². The van der Waals surface area contributed by atoms with E-state index < -0.39 is 0 Å². The van der Waals surface area contributed by atoms with Gasteiger partial charge in [0.05, 0.1) is 26.5 Å². The number of carbonyl (C=O) groups is 1. The van der Waals surface area contributed by atoms with Crippen LogP contribution >= 0.6 is 0 Å². The Hall–Kier alpha value is -1.62. The quantitative estimate of drug-likeness (QED) is 0.716. The van der Waals surface area contributed by atoms with Crippen molar-refractivity contribution in [2.75, 3.05) is 27.8 Å². The van der Waals surface area contributed by atoms with Crippen molar-refractivity contribution in [1.82, 2.24) is 9.88 Å². The van der Waals surface area contributed by atoms with Crippen LogP contribution in [0.25, 0.3) is 0 Å². The zero-order valence-electron chi connectivity index (χ0n) is 10.7. The molecule has 0 bridgehead atoms. The fourth-order valence-electron chi connectivity index (χ4n) is 1.52. The molecule has 0 amide bonds. The van der Waals surface area contributed by atoms with E-state index in [-0.39, 0.29) is 12.5 Å². The van der Waals surface area contributed by atoms with Crippen molar-refractivity contribution in [2.24, 2.45) is 0 Å². The highest BCUT2D eigenvalue weighted by molar-refractivity contribution is 5.71. The van der Waals surface area contributed by atoms with Crippen molar-refractivity contribution in [2.45, 2.75) is 13.5 Å². The van der Waals surface area contributed by atoms with E-state index in [0.29, 0.717) is 6.54 Å². The van der Waals surface area contributed by atoms with Crippen molar-refractivity contribution >= 4 is 5.97 Å². The smallest absolute Gasteiger partial charge is 0.319 e. The van der Waals surface area contributed by atoms with Crippen molar-refractivity contribution in [3.05, 3.63) is 23.5 Å². The predicted molar refractivity (Wildman–Crippen MR) is 63.9 cm³/mol. The molecule has 1 rings (SSSR count). The topological polar surface area (TPSA) is 51.7 Å². The summed E-state index contributed by atoms with van der Waals surface area (Å²) in [7, 11) is 4.84. The lowest BCUT2D eigenvalue weighted by Crippen LogP contribution is -2.26. The van der Waals surface area contributed by atoms with Crippen LogP contribution in [0.1, 0.15) is 11.4 Å². The highest BCUT2D eigenvalue weighted by atomic mass is 16.5. The fraction of sp³-hybridized carbons (Fsp3) is 0.500. The van der Waals surface area contributed by atoms with Crippen LogP contribution in [-0.2, 0) is 16.1 Å². The summed E-state index contributed by atoms with van der Waals surface area (Å²) in [6.45, 7) is 2.73. The number of ether oxygens (including phenoxy) is 2. The second kappa shape index (κ2) is 6.20. The standard InChI is InChI=1S/C12H18N2O3/c1-9-5-11(16-3)6-10(13-9)7-14(2)8-12(15)17-4/h5-6H,7-8H2,1-4H3. The molecule has 5 nitrogen and oxygen atoms in total. The molecule has 0 aliphatic rings. The van der Waals surface area contributed by atoms with E-state index in [1.807, 2.05) is 31.0 Å². The molecule has 94 valence electrons. The van der Waals surface area contributed by atoms with E-state index >= 15 is 0 Å². The van der Waals surface area contributed by atoms with E-state index in [0.717, 1.165) is 17.1 Å². The minimum absolute atomic E-state index is 0.244. The van der Waals surface area contributed by atoms with Gasteiger partial charge in [0.15, 0.2) is 0 Å². The minimum Gasteiger partial charge on any atom is -0.497 e. The van der Waals surface area contributed by atoms with Crippen LogP contribution in [0.5, 0.6) is 5.75 Å². The van der Waals surface area contributed by atoms with E-state index in [1.165, 1.54) is 7.11 Å². The SMILES string of the molecule is COC(=O)CN(C)Cc1cc(OC)cc(C)n1. The summed E-state index contributed by atoms with van der Waals surface area (Å²) in [6.07, 6.45) is 0. The molecule has 0 radical (unpaired) electrons. The molecule has 1 aromatic heterocycles. The number of likely N-dealkylation sites (N-methyl/N-ethyl adjacent to an activating group) is 1. The number of esters is 1. The molecule has 0 atom stereocenters. The van der Waals surface area contributed by atoms with Crippen LogP contribution in [0.4, 0.5) is 0 Å². The molecule has 0 N–H and O–H groups in total. The third-order valence-corrected chi connectivity index (χ3v) is 2.27. The Morgan fingerprint density at radius 3 is 2.71 bits per heavy atom. The highest BCUT2D eigenvalue weighted by Gasteiger charge is 2.08. The summed E-state index contributed by atoms with van der Waals surface area (Å²) in [5.74, 6) is 0.520. The molecule has 1 aromatic rings. The van der Waals surface area contributed by atoms with Gasteiger partial charge in [-0.2, -0.15) is 0 Å². The van der Waals surface area contributed by atoms with Crippen LogP contribution in [0.3, 0.4) is 0 Å². The number of rotatable bonds is 5. The van der Waals surface area contributed by atoms with Gasteiger partial charge in [-0.15, -0.1) is 0 Å². The maximum Gasteiger partial charge on any atom is 0.319 e.